The molecule has 0 saturated heterocycles. The molecule has 0 bridgehead atoms. The van der Waals surface area contributed by atoms with Crippen molar-refractivity contribution < 1.29 is 0 Å². The summed E-state index contributed by atoms with van der Waals surface area (Å²) >= 11 is 0. The molecule has 296 valence electrons. The number of hydrogen-bond acceptors (Lipinski definition) is 1. The number of anilines is 3. The van der Waals surface area contributed by atoms with E-state index in [1.54, 1.807) is 0 Å². The fourth-order valence-corrected chi connectivity index (χ4v) is 11.6. The minimum Gasteiger partial charge on any atom is -0.309 e. The SMILES string of the molecule is c1ccc(-c2ccc(N(c3ccc4c(c3)C3(c5ccccc5-c5ccccc53)c3ccccc3-4)c3c4c(cc5ccccc35)-c3cc5ccc(-c6ccccc6)cc5cc3-4)cc2)cc1. The summed E-state index contributed by atoms with van der Waals surface area (Å²) in [5.41, 5.74) is 23.7. The van der Waals surface area contributed by atoms with Crippen LogP contribution in [0.15, 0.2) is 237 Å². The minimum absolute atomic E-state index is 0.455. The van der Waals surface area contributed by atoms with Gasteiger partial charge < -0.3 is 4.90 Å². The van der Waals surface area contributed by atoms with E-state index in [9.17, 15) is 0 Å². The highest BCUT2D eigenvalue weighted by atomic mass is 15.1. The van der Waals surface area contributed by atoms with Gasteiger partial charge in [-0.2, -0.15) is 0 Å². The summed E-state index contributed by atoms with van der Waals surface area (Å²) < 4.78 is 0. The zero-order valence-electron chi connectivity index (χ0n) is 35.0. The molecule has 3 aliphatic carbocycles. The Kier molecular flexibility index (Phi) is 7.38. The zero-order valence-corrected chi connectivity index (χ0v) is 35.0. The van der Waals surface area contributed by atoms with Crippen molar-refractivity contribution in [3.63, 3.8) is 0 Å². The third kappa shape index (κ3) is 4.84. The fourth-order valence-electron chi connectivity index (χ4n) is 11.6. The molecule has 64 heavy (non-hydrogen) atoms. The topological polar surface area (TPSA) is 3.24 Å². The van der Waals surface area contributed by atoms with Crippen LogP contribution in [0.2, 0.25) is 0 Å². The smallest absolute Gasteiger partial charge is 0.0726 e. The summed E-state index contributed by atoms with van der Waals surface area (Å²) in [5, 5.41) is 4.97. The normalized spacial score (nSPS) is 13.1. The lowest BCUT2D eigenvalue weighted by Crippen LogP contribution is -2.26. The second-order valence-corrected chi connectivity index (χ2v) is 17.6. The average Bonchev–Trinajstić information content (AvgIpc) is 3.83. The van der Waals surface area contributed by atoms with E-state index in [4.69, 9.17) is 0 Å². The van der Waals surface area contributed by atoms with Crippen LogP contribution in [0, 0.1) is 0 Å². The van der Waals surface area contributed by atoms with Crippen molar-refractivity contribution in [1.82, 2.24) is 0 Å². The Balaban J connectivity index is 1.04. The van der Waals surface area contributed by atoms with Crippen LogP contribution in [0.1, 0.15) is 22.3 Å². The van der Waals surface area contributed by atoms with Crippen molar-refractivity contribution in [2.75, 3.05) is 4.90 Å². The van der Waals surface area contributed by atoms with Gasteiger partial charge in [0.2, 0.25) is 0 Å². The summed E-state index contributed by atoms with van der Waals surface area (Å²) in [6.07, 6.45) is 0. The Morgan fingerprint density at radius 3 is 1.44 bits per heavy atom. The maximum absolute atomic E-state index is 2.56. The van der Waals surface area contributed by atoms with E-state index in [1.165, 1.54) is 116 Å². The highest BCUT2D eigenvalue weighted by molar-refractivity contribution is 6.20. The molecule has 0 radical (unpaired) electrons. The third-order valence-electron chi connectivity index (χ3n) is 14.4. The molecule has 0 saturated carbocycles. The van der Waals surface area contributed by atoms with Crippen LogP contribution in [0.3, 0.4) is 0 Å². The summed E-state index contributed by atoms with van der Waals surface area (Å²) in [4.78, 5) is 2.56. The van der Waals surface area contributed by atoms with E-state index in [-0.39, 0.29) is 0 Å². The van der Waals surface area contributed by atoms with Crippen LogP contribution in [0.5, 0.6) is 0 Å². The Labute approximate surface area is 372 Å². The molecular weight excluding hydrogens is 771 g/mol. The van der Waals surface area contributed by atoms with Crippen molar-refractivity contribution in [3.8, 4) is 66.8 Å². The molecule has 11 aromatic rings. The van der Waals surface area contributed by atoms with Crippen molar-refractivity contribution in [1.29, 1.82) is 0 Å². The number of rotatable bonds is 5. The lowest BCUT2D eigenvalue weighted by atomic mass is 9.70. The first-order valence-electron chi connectivity index (χ1n) is 22.3. The second kappa shape index (κ2) is 13.4. The van der Waals surface area contributed by atoms with E-state index in [2.05, 4.69) is 241 Å². The molecule has 0 aliphatic heterocycles. The van der Waals surface area contributed by atoms with Crippen molar-refractivity contribution in [2.45, 2.75) is 5.41 Å². The fraction of sp³-hybridized carbons (Fsp3) is 0.0159. The van der Waals surface area contributed by atoms with E-state index in [0.717, 1.165) is 11.4 Å². The van der Waals surface area contributed by atoms with Gasteiger partial charge in [-0.3, -0.25) is 0 Å². The summed E-state index contributed by atoms with van der Waals surface area (Å²) in [6, 6.07) is 88.4. The van der Waals surface area contributed by atoms with E-state index in [0.29, 0.717) is 0 Å². The molecule has 1 spiro atoms. The largest absolute Gasteiger partial charge is 0.309 e. The molecule has 3 aliphatic rings. The first-order chi connectivity index (χ1) is 31.7. The molecule has 1 heteroatoms. The molecular formula is C63H39N. The number of nitrogens with zero attached hydrogens (tertiary/aromatic N) is 1. The summed E-state index contributed by atoms with van der Waals surface area (Å²) in [5.74, 6) is 0. The van der Waals surface area contributed by atoms with Gasteiger partial charge >= 0.3 is 0 Å². The van der Waals surface area contributed by atoms with Gasteiger partial charge in [0.1, 0.15) is 0 Å². The van der Waals surface area contributed by atoms with Gasteiger partial charge in [-0.25, -0.2) is 0 Å². The molecule has 0 atom stereocenters. The van der Waals surface area contributed by atoms with Gasteiger partial charge in [0.15, 0.2) is 0 Å². The van der Waals surface area contributed by atoms with E-state index < -0.39 is 5.41 Å². The Bertz CT molecular complexity index is 3650. The Hall–Kier alpha value is -8.26. The highest BCUT2D eigenvalue weighted by Crippen LogP contribution is 2.64. The van der Waals surface area contributed by atoms with Crippen LogP contribution in [0.4, 0.5) is 17.1 Å². The molecule has 11 aromatic carbocycles. The lowest BCUT2D eigenvalue weighted by molar-refractivity contribution is 0.793. The molecule has 0 fully saturated rings. The molecule has 0 N–H and O–H groups in total. The maximum atomic E-state index is 2.56. The molecule has 0 aromatic heterocycles. The van der Waals surface area contributed by atoms with E-state index in [1.807, 2.05) is 0 Å². The third-order valence-corrected chi connectivity index (χ3v) is 14.4. The Morgan fingerprint density at radius 1 is 0.266 bits per heavy atom. The lowest BCUT2D eigenvalue weighted by Gasteiger charge is -2.36. The van der Waals surface area contributed by atoms with Crippen molar-refractivity contribution in [3.05, 3.63) is 259 Å². The van der Waals surface area contributed by atoms with Gasteiger partial charge in [0, 0.05) is 22.3 Å². The van der Waals surface area contributed by atoms with Gasteiger partial charge in [-0.1, -0.05) is 188 Å². The number of fused-ring (bicyclic) bond motifs is 16. The van der Waals surface area contributed by atoms with Crippen molar-refractivity contribution in [2.24, 2.45) is 0 Å². The van der Waals surface area contributed by atoms with Crippen LogP contribution in [-0.4, -0.2) is 0 Å². The minimum atomic E-state index is -0.455. The quantitative estimate of drug-likeness (QED) is 0.167. The van der Waals surface area contributed by atoms with Crippen molar-refractivity contribution >= 4 is 38.6 Å². The predicted molar refractivity (Wildman–Crippen MR) is 268 cm³/mol. The van der Waals surface area contributed by atoms with Gasteiger partial charge in [-0.05, 0) is 148 Å². The first kappa shape index (κ1) is 35.3. The highest BCUT2D eigenvalue weighted by Gasteiger charge is 2.51. The summed E-state index contributed by atoms with van der Waals surface area (Å²) in [7, 11) is 0. The van der Waals surface area contributed by atoms with Crippen LogP contribution < -0.4 is 4.90 Å². The second-order valence-electron chi connectivity index (χ2n) is 17.6. The van der Waals surface area contributed by atoms with Gasteiger partial charge in [0.05, 0.1) is 11.1 Å². The van der Waals surface area contributed by atoms with E-state index >= 15 is 0 Å². The number of benzene rings is 11. The summed E-state index contributed by atoms with van der Waals surface area (Å²) in [6.45, 7) is 0. The number of hydrogen-bond donors (Lipinski definition) is 0. The van der Waals surface area contributed by atoms with Crippen LogP contribution in [-0.2, 0) is 5.41 Å². The molecule has 1 nitrogen and oxygen atoms in total. The average molecular weight is 810 g/mol. The van der Waals surface area contributed by atoms with Gasteiger partial charge in [0.25, 0.3) is 0 Å². The Morgan fingerprint density at radius 2 is 0.766 bits per heavy atom. The standard InChI is InChI=1S/C63H39N/c1-3-15-40(16-4-1)42-29-31-47(32-30-42)64(48-33-34-53-52-23-11-14-26-59(52)63(60(53)39-48)57-24-12-9-21-50(57)51-22-10-13-25-58(51)63)62-49-20-8-7-19-45(49)37-55-54-36-44-28-27-43(41-17-5-2-6-18-41)35-46(44)38-56(54)61(55)62/h1-39H. The molecule has 0 amide bonds. The van der Waals surface area contributed by atoms with Gasteiger partial charge in [-0.15, -0.1) is 0 Å². The zero-order chi connectivity index (χ0) is 41.9. The monoisotopic (exact) mass is 809 g/mol. The molecule has 14 rings (SSSR count). The molecule has 0 heterocycles. The molecule has 0 unspecified atom stereocenters. The predicted octanol–water partition coefficient (Wildman–Crippen LogP) is 16.8. The first-order valence-corrected chi connectivity index (χ1v) is 22.3. The maximum Gasteiger partial charge on any atom is 0.0726 e. The van der Waals surface area contributed by atoms with Crippen LogP contribution in [0.25, 0.3) is 88.3 Å². The van der Waals surface area contributed by atoms with Crippen LogP contribution >= 0.6 is 0 Å².